The van der Waals surface area contributed by atoms with Crippen molar-refractivity contribution in [2.75, 3.05) is 9.80 Å². The zero-order valence-corrected chi connectivity index (χ0v) is 34.1. The molecule has 0 bridgehead atoms. The molecular weight excluding hydrogens is 631 g/mol. The van der Waals surface area contributed by atoms with Crippen molar-refractivity contribution in [2.24, 2.45) is 0 Å². The third-order valence-electron chi connectivity index (χ3n) is 10.9. The van der Waals surface area contributed by atoms with Gasteiger partial charge in [0.1, 0.15) is 0 Å². The Morgan fingerprint density at radius 3 is 1.59 bits per heavy atom. The van der Waals surface area contributed by atoms with Crippen LogP contribution in [0.1, 0.15) is 111 Å². The predicted octanol–water partition coefficient (Wildman–Crippen LogP) is 10.1. The van der Waals surface area contributed by atoms with E-state index in [-0.39, 0.29) is 28.4 Å². The van der Waals surface area contributed by atoms with Crippen molar-refractivity contribution in [3.05, 3.63) is 119 Å². The Morgan fingerprint density at radius 2 is 1.00 bits per heavy atom. The van der Waals surface area contributed by atoms with E-state index >= 15 is 0 Å². The Morgan fingerprint density at radius 1 is 0.471 bits per heavy atom. The Hall–Kier alpha value is -4.02. The third-order valence-corrected chi connectivity index (χ3v) is 11.2. The van der Waals surface area contributed by atoms with Crippen LogP contribution in [0, 0.1) is 6.92 Å². The van der Waals surface area contributed by atoms with E-state index in [0.29, 0.717) is 0 Å². The van der Waals surface area contributed by atoms with Crippen molar-refractivity contribution in [3.8, 4) is 0 Å². The molecule has 3 radical (unpaired) electrons. The molecule has 2 aliphatic heterocycles. The van der Waals surface area contributed by atoms with E-state index in [1.807, 2.05) is 0 Å². The largest absolute Gasteiger partial charge is 0.311 e. The molecule has 0 aliphatic carbocycles. The van der Waals surface area contributed by atoms with E-state index in [1.54, 1.807) is 0 Å². The molecule has 0 fully saturated rings. The van der Waals surface area contributed by atoms with E-state index in [1.165, 1.54) is 78.3 Å². The fraction of sp³-hybridized carbons (Fsp3) is 0.362. The SMILES string of the molecule is Cc1cc2c3c(c1)N(c1ccccc1C(C)(C)C)c1ccc([Si])cc1B3c1cc(C(C)(C)C)ccc1N2c1cc(C(C)(C)C)cc(C(C)(C)C)c1. The van der Waals surface area contributed by atoms with Crippen molar-refractivity contribution in [3.63, 3.8) is 0 Å². The van der Waals surface area contributed by atoms with Crippen LogP contribution in [0.5, 0.6) is 0 Å². The van der Waals surface area contributed by atoms with Gasteiger partial charge in [0.25, 0.3) is 6.71 Å². The van der Waals surface area contributed by atoms with Crippen LogP contribution in [0.4, 0.5) is 34.1 Å². The van der Waals surface area contributed by atoms with Crippen LogP contribution in [0.3, 0.4) is 0 Å². The number of hydrogen-bond acceptors (Lipinski definition) is 2. The number of rotatable bonds is 2. The summed E-state index contributed by atoms with van der Waals surface area (Å²) in [5.74, 6) is 0. The minimum Gasteiger partial charge on any atom is -0.311 e. The normalized spacial score (nSPS) is 14.4. The molecule has 0 aromatic heterocycles. The summed E-state index contributed by atoms with van der Waals surface area (Å²) in [6, 6.07) is 35.4. The number of fused-ring (bicyclic) bond motifs is 4. The van der Waals surface area contributed by atoms with Gasteiger partial charge in [-0.1, -0.05) is 137 Å². The summed E-state index contributed by atoms with van der Waals surface area (Å²) in [7, 11) is 3.98. The average molecular weight is 686 g/mol. The van der Waals surface area contributed by atoms with Gasteiger partial charge in [-0.05, 0) is 115 Å². The van der Waals surface area contributed by atoms with Crippen LogP contribution < -0.4 is 31.4 Å². The maximum atomic E-state index is 3.98. The van der Waals surface area contributed by atoms with Gasteiger partial charge in [-0.15, -0.1) is 0 Å². The maximum Gasteiger partial charge on any atom is 0.252 e. The zero-order chi connectivity index (χ0) is 37.0. The van der Waals surface area contributed by atoms with Gasteiger partial charge in [-0.25, -0.2) is 0 Å². The molecule has 5 aromatic carbocycles. The first-order chi connectivity index (χ1) is 23.6. The summed E-state index contributed by atoms with van der Waals surface area (Å²) in [5, 5.41) is 1.10. The van der Waals surface area contributed by atoms with Gasteiger partial charge in [0, 0.05) is 34.1 Å². The fourth-order valence-corrected chi connectivity index (χ4v) is 8.29. The Labute approximate surface area is 311 Å². The first-order valence-electron chi connectivity index (χ1n) is 18.6. The second-order valence-electron chi connectivity index (χ2n) is 19.2. The maximum absolute atomic E-state index is 3.98. The standard InChI is InChI=1S/C47H54BN2Si/c1-29-22-41-43-42(23-29)50(38-17-15-14-16-35(38)47(11,12)13)40-21-19-34(51)28-37(40)48(43)36-27-30(44(2,3)4)18-20-39(36)49(41)33-25-31(45(5,6)7)24-32(26-33)46(8,9)10/h14-28H,1-13H3. The number of benzene rings is 5. The lowest BCUT2D eigenvalue weighted by Gasteiger charge is -2.46. The number of nitrogens with zero attached hydrogens (tertiary/aromatic N) is 2. The van der Waals surface area contributed by atoms with E-state index in [2.05, 4.69) is 201 Å². The smallest absolute Gasteiger partial charge is 0.252 e. The van der Waals surface area contributed by atoms with Crippen LogP contribution in [-0.2, 0) is 21.7 Å². The molecule has 5 aromatic rings. The summed E-state index contributed by atoms with van der Waals surface area (Å²) in [5.41, 5.74) is 18.2. The molecule has 0 spiro atoms. The second kappa shape index (κ2) is 11.8. The van der Waals surface area contributed by atoms with Gasteiger partial charge in [-0.3, -0.25) is 0 Å². The Kier molecular flexibility index (Phi) is 8.15. The van der Waals surface area contributed by atoms with Crippen molar-refractivity contribution in [1.82, 2.24) is 0 Å². The van der Waals surface area contributed by atoms with Crippen molar-refractivity contribution in [2.45, 2.75) is 112 Å². The van der Waals surface area contributed by atoms with E-state index in [9.17, 15) is 0 Å². The quantitative estimate of drug-likeness (QED) is 0.167. The van der Waals surface area contributed by atoms with Gasteiger partial charge in [-0.2, -0.15) is 0 Å². The van der Waals surface area contributed by atoms with Gasteiger partial charge < -0.3 is 9.80 Å². The first kappa shape index (κ1) is 35.4. The second-order valence-corrected chi connectivity index (χ2v) is 19.7. The van der Waals surface area contributed by atoms with Gasteiger partial charge in [0.05, 0.1) is 10.2 Å². The summed E-state index contributed by atoms with van der Waals surface area (Å²) in [4.78, 5) is 5.15. The fourth-order valence-electron chi connectivity index (χ4n) is 8.06. The van der Waals surface area contributed by atoms with E-state index in [0.717, 1.165) is 5.19 Å². The summed E-state index contributed by atoms with van der Waals surface area (Å²) < 4.78 is 0. The van der Waals surface area contributed by atoms with Gasteiger partial charge in [0.2, 0.25) is 0 Å². The molecule has 0 amide bonds. The molecule has 0 saturated heterocycles. The molecular formula is C47H54BN2Si. The molecule has 0 unspecified atom stereocenters. The molecule has 2 heterocycles. The van der Waals surface area contributed by atoms with Crippen LogP contribution >= 0.6 is 0 Å². The highest BCUT2D eigenvalue weighted by Gasteiger charge is 2.44. The van der Waals surface area contributed by atoms with Gasteiger partial charge >= 0.3 is 0 Å². The lowest BCUT2D eigenvalue weighted by molar-refractivity contribution is 0.568. The van der Waals surface area contributed by atoms with E-state index in [4.69, 9.17) is 0 Å². The highest BCUT2D eigenvalue weighted by molar-refractivity contribution is 7.00. The molecule has 2 nitrogen and oxygen atoms in total. The summed E-state index contributed by atoms with van der Waals surface area (Å²) in [6.45, 7) is 30.3. The Bertz CT molecular complexity index is 2150. The third kappa shape index (κ3) is 6.08. The average Bonchev–Trinajstić information content (AvgIpc) is 3.02. The van der Waals surface area contributed by atoms with Gasteiger partial charge in [0.15, 0.2) is 0 Å². The lowest BCUT2D eigenvalue weighted by Crippen LogP contribution is -2.62. The number of anilines is 6. The molecule has 0 N–H and O–H groups in total. The zero-order valence-electron chi connectivity index (χ0n) is 33.1. The molecule has 51 heavy (non-hydrogen) atoms. The monoisotopic (exact) mass is 685 g/mol. The highest BCUT2D eigenvalue weighted by Crippen LogP contribution is 2.48. The lowest BCUT2D eigenvalue weighted by atomic mass is 9.33. The predicted molar refractivity (Wildman–Crippen MR) is 225 cm³/mol. The minimum atomic E-state index is -0.0382. The van der Waals surface area contributed by atoms with Crippen molar-refractivity contribution >= 4 is 72.7 Å². The van der Waals surface area contributed by atoms with Crippen LogP contribution in [0.25, 0.3) is 0 Å². The first-order valence-corrected chi connectivity index (χ1v) is 19.1. The number of aryl methyl sites for hydroxylation is 1. The molecule has 2 aliphatic rings. The summed E-state index contributed by atoms with van der Waals surface area (Å²) in [6.07, 6.45) is 0. The van der Waals surface area contributed by atoms with Crippen LogP contribution in [-0.4, -0.2) is 17.0 Å². The summed E-state index contributed by atoms with van der Waals surface area (Å²) >= 11 is 0. The topological polar surface area (TPSA) is 6.48 Å². The van der Waals surface area contributed by atoms with Crippen LogP contribution in [0.2, 0.25) is 0 Å². The molecule has 0 atom stereocenters. The molecule has 259 valence electrons. The Balaban J connectivity index is 1.63. The molecule has 4 heteroatoms. The molecule has 0 saturated carbocycles. The van der Waals surface area contributed by atoms with E-state index < -0.39 is 0 Å². The minimum absolute atomic E-state index is 0.00221. The highest BCUT2D eigenvalue weighted by atomic mass is 28.1. The van der Waals surface area contributed by atoms with Crippen molar-refractivity contribution < 1.29 is 0 Å². The number of hydrogen-bond donors (Lipinski definition) is 0. The van der Waals surface area contributed by atoms with Crippen LogP contribution in [0.15, 0.2) is 91.0 Å². The van der Waals surface area contributed by atoms with Crippen molar-refractivity contribution in [1.29, 1.82) is 0 Å². The molecule has 7 rings (SSSR count). The number of para-hydroxylation sites is 1.